The molecule has 0 radical (unpaired) electrons. The highest BCUT2D eigenvalue weighted by Gasteiger charge is 2.05. The zero-order valence-electron chi connectivity index (χ0n) is 10.4. The Balaban J connectivity index is 0.00000162. The van der Waals surface area contributed by atoms with E-state index >= 15 is 0 Å². The van der Waals surface area contributed by atoms with E-state index in [2.05, 4.69) is 11.9 Å². The Kier molecular flexibility index (Phi) is 6.20. The number of hydrogen-bond donors (Lipinski definition) is 1. The van der Waals surface area contributed by atoms with Crippen molar-refractivity contribution in [1.82, 2.24) is 3.96 Å². The lowest BCUT2D eigenvalue weighted by Crippen LogP contribution is -2.03. The second-order valence-electron chi connectivity index (χ2n) is 3.74. The maximum absolute atomic E-state index is 11.9. The van der Waals surface area contributed by atoms with Crippen molar-refractivity contribution in [2.75, 3.05) is 0 Å². The molecule has 1 aromatic heterocycles. The summed E-state index contributed by atoms with van der Waals surface area (Å²) in [6, 6.07) is 6.51. The van der Waals surface area contributed by atoms with Gasteiger partial charge in [-0.25, -0.2) is 0 Å². The van der Waals surface area contributed by atoms with Crippen LogP contribution in [0.15, 0.2) is 24.3 Å². The van der Waals surface area contributed by atoms with E-state index in [-0.39, 0.29) is 15.2 Å². The normalized spacial score (nSPS) is 10.6. The third-order valence-electron chi connectivity index (χ3n) is 2.61. The molecule has 0 aliphatic rings. The first kappa shape index (κ1) is 17.1. The van der Waals surface area contributed by atoms with E-state index in [0.29, 0.717) is 5.70 Å². The van der Waals surface area contributed by atoms with Crippen LogP contribution < -0.4 is 10.7 Å². The van der Waals surface area contributed by atoms with E-state index in [4.69, 9.17) is 5.73 Å². The Bertz CT molecular complexity index is 546. The molecule has 2 aromatic rings. The average Bonchev–Trinajstić information content (AvgIpc) is 2.38. The molecule has 0 spiro atoms. The van der Waals surface area contributed by atoms with Crippen LogP contribution in [0.4, 0.5) is 13.9 Å². The fourth-order valence-corrected chi connectivity index (χ4v) is 2.25. The number of halogens is 3. The first-order chi connectivity index (χ1) is 8.11. The first-order valence-electron chi connectivity index (χ1n) is 5.13. The number of rotatable bonds is 3. The molecule has 106 valence electrons. The van der Waals surface area contributed by atoms with Crippen LogP contribution >= 0.6 is 11.5 Å². The van der Waals surface area contributed by atoms with Crippen LogP contribution in [0.25, 0.3) is 11.9 Å². The van der Waals surface area contributed by atoms with Gasteiger partial charge in [-0.2, -0.15) is 0 Å². The summed E-state index contributed by atoms with van der Waals surface area (Å²) in [4.78, 5) is 4.90. The van der Waals surface area contributed by atoms with Crippen molar-refractivity contribution in [3.63, 3.8) is 0 Å². The lowest BCUT2D eigenvalue weighted by atomic mass is 10.2. The van der Waals surface area contributed by atoms with Crippen LogP contribution in [0, 0.1) is 13.8 Å². The van der Waals surface area contributed by atoms with Gasteiger partial charge >= 0.3 is 0 Å². The molecular formula is C12H15F3N2OS. The summed E-state index contributed by atoms with van der Waals surface area (Å²) in [6.45, 7) is 4.10. The summed E-state index contributed by atoms with van der Waals surface area (Å²) in [6.07, 6.45) is 1.86. The summed E-state index contributed by atoms with van der Waals surface area (Å²) in [5.74, 6) is 0.173. The minimum absolute atomic E-state index is 0. The summed E-state index contributed by atoms with van der Waals surface area (Å²) in [5, 5.41) is 0. The van der Waals surface area contributed by atoms with Crippen LogP contribution in [0.1, 0.15) is 16.1 Å². The van der Waals surface area contributed by atoms with Crippen LogP contribution in [-0.4, -0.2) is 3.96 Å². The van der Waals surface area contributed by atoms with Crippen molar-refractivity contribution in [2.45, 2.75) is 13.8 Å². The van der Waals surface area contributed by atoms with E-state index < -0.39 is 0 Å². The molecule has 0 aliphatic carbocycles. The number of hydrogen-bond acceptors (Lipinski definition) is 3. The van der Waals surface area contributed by atoms with Gasteiger partial charge in [0.25, 0.3) is 0 Å². The molecule has 1 aromatic carbocycles. The molecule has 19 heavy (non-hydrogen) atoms. The van der Waals surface area contributed by atoms with Gasteiger partial charge in [0.1, 0.15) is 0 Å². The van der Waals surface area contributed by atoms with Crippen LogP contribution in [0.3, 0.4) is 0 Å². The molecule has 1 heterocycles. The van der Waals surface area contributed by atoms with Crippen molar-refractivity contribution in [3.05, 3.63) is 40.4 Å². The van der Waals surface area contributed by atoms with Gasteiger partial charge in [0.15, 0.2) is 5.75 Å². The Morgan fingerprint density at radius 1 is 1.26 bits per heavy atom. The summed E-state index contributed by atoms with van der Waals surface area (Å²) in [5.41, 5.74) is 8.62. The predicted molar refractivity (Wildman–Crippen MR) is 73.3 cm³/mol. The average molecular weight is 292 g/mol. The highest BCUT2D eigenvalue weighted by Crippen LogP contribution is 2.22. The summed E-state index contributed by atoms with van der Waals surface area (Å²) >= 11 is 1.64. The third-order valence-corrected chi connectivity index (χ3v) is 3.75. The molecule has 0 fully saturated rings. The van der Waals surface area contributed by atoms with Gasteiger partial charge in [0.05, 0.1) is 5.70 Å². The molecule has 0 unspecified atom stereocenters. The summed E-state index contributed by atoms with van der Waals surface area (Å²) < 4.78 is 13.9. The number of nitrogens with two attached hydrogens (primary N) is 1. The molecule has 2 rings (SSSR count). The highest BCUT2D eigenvalue weighted by atomic mass is 32.1. The number of aromatic nitrogens is 1. The molecular weight excluding hydrogens is 277 g/mol. The smallest absolute Gasteiger partial charge is 0.171 e. The number of benzene rings is 1. The van der Waals surface area contributed by atoms with Crippen molar-refractivity contribution >= 4 is 23.4 Å². The molecule has 0 aliphatic heterocycles. The van der Waals surface area contributed by atoms with Gasteiger partial charge in [-0.15, -0.1) is 0 Å². The lowest BCUT2D eigenvalue weighted by molar-refractivity contribution is -0.00620. The van der Waals surface area contributed by atoms with E-state index in [0.717, 1.165) is 5.56 Å². The minimum Gasteiger partial charge on any atom is -0.397 e. The molecule has 0 saturated heterocycles. The molecule has 2 N–H and O–H groups in total. The monoisotopic (exact) mass is 292 g/mol. The molecule has 7 heteroatoms. The standard InChI is InChI=1S/C12H13FN2OS.2FH/c1-8-9(2)17-15(8)7-12(14)10-3-5-11(16-13)6-4-10;;/h3-7H,14H2,1-2H3;2*1H/b12-7-;;. The Morgan fingerprint density at radius 2 is 1.84 bits per heavy atom. The largest absolute Gasteiger partial charge is 0.397 e. The van der Waals surface area contributed by atoms with Crippen LogP contribution in [0.5, 0.6) is 5.75 Å². The van der Waals surface area contributed by atoms with Crippen LogP contribution in [-0.2, 0) is 0 Å². The van der Waals surface area contributed by atoms with Gasteiger partial charge in [0, 0.05) is 21.3 Å². The topological polar surface area (TPSA) is 40.2 Å². The van der Waals surface area contributed by atoms with Crippen LogP contribution in [0.2, 0.25) is 0 Å². The van der Waals surface area contributed by atoms with E-state index in [1.165, 1.54) is 22.7 Å². The molecule has 0 atom stereocenters. The third kappa shape index (κ3) is 3.54. The second-order valence-corrected chi connectivity index (χ2v) is 4.93. The Hall–Kier alpha value is -1.89. The summed E-state index contributed by atoms with van der Waals surface area (Å²) in [7, 11) is 0. The minimum atomic E-state index is 0. The van der Waals surface area contributed by atoms with Crippen molar-refractivity contribution < 1.29 is 18.9 Å². The number of nitrogens with zero attached hydrogens (tertiary/aromatic N) is 1. The second kappa shape index (κ2) is 6.89. The van der Waals surface area contributed by atoms with Crippen molar-refractivity contribution in [2.24, 2.45) is 5.73 Å². The lowest BCUT2D eigenvalue weighted by Gasteiger charge is -2.13. The quantitative estimate of drug-likeness (QED) is 0.938. The van der Waals surface area contributed by atoms with E-state index in [1.54, 1.807) is 23.7 Å². The Morgan fingerprint density at radius 3 is 2.26 bits per heavy atom. The van der Waals surface area contributed by atoms with Crippen molar-refractivity contribution in [3.8, 4) is 5.75 Å². The van der Waals surface area contributed by atoms with Gasteiger partial charge in [-0.05, 0) is 43.7 Å². The first-order valence-corrected chi connectivity index (χ1v) is 5.90. The molecule has 0 amide bonds. The van der Waals surface area contributed by atoms with E-state index in [9.17, 15) is 4.53 Å². The fraction of sp³-hybridized carbons (Fsp3) is 0.167. The molecule has 0 saturated carbocycles. The maximum Gasteiger partial charge on any atom is 0.171 e. The number of aryl methyl sites for hydroxylation is 1. The van der Waals surface area contributed by atoms with Crippen molar-refractivity contribution in [1.29, 1.82) is 0 Å². The van der Waals surface area contributed by atoms with Gasteiger partial charge in [-0.3, -0.25) is 18.3 Å². The fourth-order valence-electron chi connectivity index (χ4n) is 1.42. The maximum atomic E-state index is 11.9. The SMILES string of the molecule is Cc1sn(/C=C(\N)c2ccc(OF)cc2)c1C.F.F. The van der Waals surface area contributed by atoms with Gasteiger partial charge in [0.2, 0.25) is 0 Å². The van der Waals surface area contributed by atoms with E-state index in [1.807, 2.05) is 17.1 Å². The molecule has 0 bridgehead atoms. The zero-order valence-corrected chi connectivity index (χ0v) is 11.2. The van der Waals surface area contributed by atoms with Gasteiger partial charge in [-0.1, -0.05) is 11.5 Å². The van der Waals surface area contributed by atoms with Gasteiger partial charge < -0.3 is 5.73 Å². The Labute approximate surface area is 112 Å². The predicted octanol–water partition coefficient (Wildman–Crippen LogP) is 3.65. The zero-order chi connectivity index (χ0) is 12.4. The molecule has 3 nitrogen and oxygen atoms in total. The highest BCUT2D eigenvalue weighted by molar-refractivity contribution is 7.08.